The first kappa shape index (κ1) is 12.3. The average Bonchev–Trinajstić information content (AvgIpc) is 2.34. The van der Waals surface area contributed by atoms with Crippen molar-refractivity contribution in [2.24, 2.45) is 0 Å². The van der Waals surface area contributed by atoms with Crippen LogP contribution in [0, 0.1) is 5.82 Å². The van der Waals surface area contributed by atoms with Crippen LogP contribution < -0.4 is 5.32 Å². The highest BCUT2D eigenvalue weighted by Gasteiger charge is 2.11. The molecule has 0 radical (unpaired) electrons. The zero-order valence-electron chi connectivity index (χ0n) is 9.85. The molecule has 0 bridgehead atoms. The van der Waals surface area contributed by atoms with Crippen molar-refractivity contribution in [2.45, 2.75) is 20.3 Å². The van der Waals surface area contributed by atoms with E-state index in [1.54, 1.807) is 6.07 Å². The second-order valence-electron chi connectivity index (χ2n) is 3.80. The largest absolute Gasteiger partial charge is 0.385 e. The molecule has 2 nitrogen and oxygen atoms in total. The van der Waals surface area contributed by atoms with Gasteiger partial charge in [-0.15, -0.1) is 0 Å². The van der Waals surface area contributed by atoms with Crippen molar-refractivity contribution in [3.63, 3.8) is 0 Å². The number of benzene rings is 1. The number of anilines is 1. The van der Waals surface area contributed by atoms with Crippen LogP contribution in [0.1, 0.15) is 19.5 Å². The van der Waals surface area contributed by atoms with E-state index in [2.05, 4.69) is 26.2 Å². The van der Waals surface area contributed by atoms with E-state index >= 15 is 0 Å². The van der Waals surface area contributed by atoms with Gasteiger partial charge in [0.25, 0.3) is 0 Å². The number of halogens is 2. The summed E-state index contributed by atoms with van der Waals surface area (Å²) in [6, 6.07) is 5.14. The average molecular weight is 297 g/mol. The minimum Gasteiger partial charge on any atom is -0.385 e. The second-order valence-corrected chi connectivity index (χ2v) is 4.65. The fourth-order valence-electron chi connectivity index (χ4n) is 1.83. The van der Waals surface area contributed by atoms with Gasteiger partial charge in [-0.25, -0.2) is 9.37 Å². The smallest absolute Gasteiger partial charge is 0.149 e. The number of fused-ring (bicyclic) bond motifs is 1. The fourth-order valence-corrected chi connectivity index (χ4v) is 2.37. The quantitative estimate of drug-likeness (QED) is 0.921. The van der Waals surface area contributed by atoms with Gasteiger partial charge in [0.1, 0.15) is 11.3 Å². The molecule has 0 amide bonds. The van der Waals surface area contributed by atoms with Crippen LogP contribution in [-0.2, 0) is 6.42 Å². The van der Waals surface area contributed by atoms with Crippen molar-refractivity contribution in [2.75, 3.05) is 11.9 Å². The summed E-state index contributed by atoms with van der Waals surface area (Å²) >= 11 is 3.45. The molecule has 0 aliphatic heterocycles. The standard InChI is InChI=1S/C13H14BrFN2/c1-3-8-7-11(16-4-2)12-9(14)5-6-10(15)13(12)17-8/h5-7H,3-4H2,1-2H3,(H,16,17). The van der Waals surface area contributed by atoms with Crippen LogP contribution >= 0.6 is 15.9 Å². The Labute approximate surface area is 108 Å². The van der Waals surface area contributed by atoms with Gasteiger partial charge in [0.2, 0.25) is 0 Å². The molecule has 90 valence electrons. The van der Waals surface area contributed by atoms with Crippen molar-refractivity contribution in [1.82, 2.24) is 4.98 Å². The molecule has 2 rings (SSSR count). The fraction of sp³-hybridized carbons (Fsp3) is 0.308. The molecule has 17 heavy (non-hydrogen) atoms. The molecule has 4 heteroatoms. The topological polar surface area (TPSA) is 24.9 Å². The SMILES string of the molecule is CCNc1cc(CC)nc2c(F)ccc(Br)c12. The molecule has 0 saturated heterocycles. The van der Waals surface area contributed by atoms with Crippen LogP contribution in [0.25, 0.3) is 10.9 Å². The van der Waals surface area contributed by atoms with E-state index in [1.807, 2.05) is 19.9 Å². The Morgan fingerprint density at radius 3 is 2.76 bits per heavy atom. The third-order valence-corrected chi connectivity index (χ3v) is 3.30. The van der Waals surface area contributed by atoms with E-state index in [1.165, 1.54) is 6.07 Å². The molecule has 0 aliphatic rings. The Morgan fingerprint density at radius 2 is 2.12 bits per heavy atom. The predicted octanol–water partition coefficient (Wildman–Crippen LogP) is 4.13. The normalized spacial score (nSPS) is 10.8. The molecular formula is C13H14BrFN2. The van der Waals surface area contributed by atoms with Crippen molar-refractivity contribution in [3.8, 4) is 0 Å². The lowest BCUT2D eigenvalue weighted by Crippen LogP contribution is -2.01. The van der Waals surface area contributed by atoms with Gasteiger partial charge in [0, 0.05) is 27.8 Å². The van der Waals surface area contributed by atoms with Crippen molar-refractivity contribution < 1.29 is 4.39 Å². The Morgan fingerprint density at radius 1 is 1.35 bits per heavy atom. The number of pyridine rings is 1. The molecule has 0 aliphatic carbocycles. The molecular weight excluding hydrogens is 283 g/mol. The summed E-state index contributed by atoms with van der Waals surface area (Å²) in [5.74, 6) is -0.280. The number of hydrogen-bond donors (Lipinski definition) is 1. The third kappa shape index (κ3) is 2.27. The summed E-state index contributed by atoms with van der Waals surface area (Å²) in [4.78, 5) is 4.35. The van der Waals surface area contributed by atoms with E-state index in [-0.39, 0.29) is 5.82 Å². The minimum atomic E-state index is -0.280. The van der Waals surface area contributed by atoms with Gasteiger partial charge in [-0.1, -0.05) is 22.9 Å². The first-order chi connectivity index (χ1) is 8.17. The summed E-state index contributed by atoms with van der Waals surface area (Å²) in [7, 11) is 0. The molecule has 0 spiro atoms. The lowest BCUT2D eigenvalue weighted by atomic mass is 10.1. The van der Waals surface area contributed by atoms with Gasteiger partial charge >= 0.3 is 0 Å². The Kier molecular flexibility index (Phi) is 3.62. The first-order valence-electron chi connectivity index (χ1n) is 5.68. The molecule has 1 heterocycles. The Hall–Kier alpha value is -1.16. The maximum absolute atomic E-state index is 13.8. The number of nitrogens with one attached hydrogen (secondary N) is 1. The highest BCUT2D eigenvalue weighted by atomic mass is 79.9. The molecule has 2 aromatic rings. The van der Waals surface area contributed by atoms with Crippen LogP contribution in [0.15, 0.2) is 22.7 Å². The molecule has 0 saturated carbocycles. The summed E-state index contributed by atoms with van der Waals surface area (Å²) in [6.45, 7) is 4.83. The second kappa shape index (κ2) is 5.00. The van der Waals surface area contributed by atoms with Crippen LogP contribution in [0.5, 0.6) is 0 Å². The zero-order chi connectivity index (χ0) is 12.4. The molecule has 1 N–H and O–H groups in total. The van der Waals surface area contributed by atoms with Gasteiger partial charge in [-0.3, -0.25) is 0 Å². The monoisotopic (exact) mass is 296 g/mol. The predicted molar refractivity (Wildman–Crippen MR) is 72.9 cm³/mol. The number of rotatable bonds is 3. The van der Waals surface area contributed by atoms with Crippen molar-refractivity contribution >= 4 is 32.5 Å². The highest BCUT2D eigenvalue weighted by Crippen LogP contribution is 2.32. The lowest BCUT2D eigenvalue weighted by Gasteiger charge is -2.11. The van der Waals surface area contributed by atoms with Crippen LogP contribution in [0.4, 0.5) is 10.1 Å². The van der Waals surface area contributed by atoms with Crippen molar-refractivity contribution in [1.29, 1.82) is 0 Å². The molecule has 0 atom stereocenters. The van der Waals surface area contributed by atoms with Crippen LogP contribution in [0.2, 0.25) is 0 Å². The van der Waals surface area contributed by atoms with E-state index in [0.29, 0.717) is 5.52 Å². The number of nitrogens with zero attached hydrogens (tertiary/aromatic N) is 1. The maximum Gasteiger partial charge on any atom is 0.149 e. The summed E-state index contributed by atoms with van der Waals surface area (Å²) in [6.07, 6.45) is 0.792. The van der Waals surface area contributed by atoms with Gasteiger partial charge in [-0.05, 0) is 31.5 Å². The van der Waals surface area contributed by atoms with Gasteiger partial charge in [0.05, 0.1) is 0 Å². The van der Waals surface area contributed by atoms with Crippen molar-refractivity contribution in [3.05, 3.63) is 34.2 Å². The number of hydrogen-bond acceptors (Lipinski definition) is 2. The first-order valence-corrected chi connectivity index (χ1v) is 6.48. The Balaban J connectivity index is 2.80. The van der Waals surface area contributed by atoms with E-state index in [0.717, 1.165) is 34.2 Å². The molecule has 0 fully saturated rings. The minimum absolute atomic E-state index is 0.280. The summed E-state index contributed by atoms with van der Waals surface area (Å²) in [5.41, 5.74) is 2.25. The van der Waals surface area contributed by atoms with E-state index in [4.69, 9.17) is 0 Å². The molecule has 1 aromatic carbocycles. The highest BCUT2D eigenvalue weighted by molar-refractivity contribution is 9.10. The summed E-state index contributed by atoms with van der Waals surface area (Å²) in [5, 5.41) is 4.07. The number of aryl methyl sites for hydroxylation is 1. The van der Waals surface area contributed by atoms with Crippen LogP contribution in [0.3, 0.4) is 0 Å². The summed E-state index contributed by atoms with van der Waals surface area (Å²) < 4.78 is 14.7. The van der Waals surface area contributed by atoms with E-state index < -0.39 is 0 Å². The van der Waals surface area contributed by atoms with Crippen LogP contribution in [-0.4, -0.2) is 11.5 Å². The van der Waals surface area contributed by atoms with E-state index in [9.17, 15) is 4.39 Å². The Bertz CT molecular complexity index is 555. The maximum atomic E-state index is 13.8. The molecule has 0 unspecified atom stereocenters. The van der Waals surface area contributed by atoms with Gasteiger partial charge < -0.3 is 5.32 Å². The molecule has 1 aromatic heterocycles. The lowest BCUT2D eigenvalue weighted by molar-refractivity contribution is 0.636. The van der Waals surface area contributed by atoms with Gasteiger partial charge in [-0.2, -0.15) is 0 Å². The number of aromatic nitrogens is 1. The third-order valence-electron chi connectivity index (χ3n) is 2.64. The van der Waals surface area contributed by atoms with Gasteiger partial charge in [0.15, 0.2) is 0 Å². The zero-order valence-corrected chi connectivity index (χ0v) is 11.4.